The van der Waals surface area contributed by atoms with Crippen LogP contribution in [0.15, 0.2) is 64.2 Å². The van der Waals surface area contributed by atoms with Crippen LogP contribution in [-0.4, -0.2) is 15.4 Å². The standard InChI is InChI=1S/C23H18N2O4S/c1-14-19(12-16-6-4-3-5-7-16)21(27)24-23-25(14)22(28)20(30-23)13-17-8-10-18(11-9-17)29-15(2)26/h3-11,13H,12H2,1-2H3. The fourth-order valence-electron chi connectivity index (χ4n) is 3.24. The number of carbonyl (C=O) groups excluding carboxylic acids is 1. The van der Waals surface area contributed by atoms with Crippen LogP contribution in [0, 0.1) is 6.92 Å². The molecule has 0 aliphatic heterocycles. The normalized spacial score (nSPS) is 11.7. The minimum Gasteiger partial charge on any atom is -0.427 e. The van der Waals surface area contributed by atoms with Crippen molar-refractivity contribution in [2.45, 2.75) is 20.3 Å². The van der Waals surface area contributed by atoms with Gasteiger partial charge in [-0.05, 0) is 36.3 Å². The largest absolute Gasteiger partial charge is 0.427 e. The SMILES string of the molecule is CC(=O)Oc1ccc(C=c2sc3nc(=O)c(Cc4ccccc4)c(C)n3c2=O)cc1. The lowest BCUT2D eigenvalue weighted by Gasteiger charge is -2.06. The van der Waals surface area contributed by atoms with Gasteiger partial charge in [-0.3, -0.25) is 18.8 Å². The Morgan fingerprint density at radius 3 is 2.47 bits per heavy atom. The van der Waals surface area contributed by atoms with Gasteiger partial charge < -0.3 is 4.74 Å². The summed E-state index contributed by atoms with van der Waals surface area (Å²) in [5.74, 6) is 0.0440. The second-order valence-corrected chi connectivity index (χ2v) is 7.85. The molecule has 0 unspecified atom stereocenters. The Balaban J connectivity index is 1.78. The Labute approximate surface area is 175 Å². The second kappa shape index (κ2) is 8.04. The van der Waals surface area contributed by atoms with Crippen molar-refractivity contribution in [2.75, 3.05) is 0 Å². The summed E-state index contributed by atoms with van der Waals surface area (Å²) in [6, 6.07) is 16.5. The molecule has 150 valence electrons. The lowest BCUT2D eigenvalue weighted by Crippen LogP contribution is -2.27. The van der Waals surface area contributed by atoms with E-state index in [9.17, 15) is 14.4 Å². The molecule has 4 rings (SSSR count). The molecule has 30 heavy (non-hydrogen) atoms. The van der Waals surface area contributed by atoms with E-state index in [1.165, 1.54) is 22.7 Å². The number of thiazole rings is 1. The van der Waals surface area contributed by atoms with Gasteiger partial charge in [-0.25, -0.2) is 0 Å². The van der Waals surface area contributed by atoms with Crippen LogP contribution in [0.5, 0.6) is 5.75 Å². The van der Waals surface area contributed by atoms with Crippen molar-refractivity contribution in [3.05, 3.63) is 102 Å². The summed E-state index contributed by atoms with van der Waals surface area (Å²) in [5, 5.41) is 0. The molecule has 4 aromatic rings. The van der Waals surface area contributed by atoms with Gasteiger partial charge in [0.25, 0.3) is 11.1 Å². The molecule has 0 bridgehead atoms. The molecule has 0 N–H and O–H groups in total. The number of esters is 1. The molecular formula is C23H18N2O4S. The van der Waals surface area contributed by atoms with E-state index in [-0.39, 0.29) is 11.1 Å². The second-order valence-electron chi connectivity index (χ2n) is 6.84. The van der Waals surface area contributed by atoms with Crippen molar-refractivity contribution in [1.82, 2.24) is 9.38 Å². The Hall–Kier alpha value is -3.58. The van der Waals surface area contributed by atoms with Crippen molar-refractivity contribution in [1.29, 1.82) is 0 Å². The maximum absolute atomic E-state index is 13.0. The van der Waals surface area contributed by atoms with Crippen LogP contribution in [0.3, 0.4) is 0 Å². The first-order chi connectivity index (χ1) is 14.4. The van der Waals surface area contributed by atoms with Crippen molar-refractivity contribution in [3.8, 4) is 5.75 Å². The van der Waals surface area contributed by atoms with Crippen molar-refractivity contribution < 1.29 is 9.53 Å². The monoisotopic (exact) mass is 418 g/mol. The van der Waals surface area contributed by atoms with E-state index < -0.39 is 5.97 Å². The van der Waals surface area contributed by atoms with Crippen LogP contribution < -0.4 is 20.4 Å². The maximum atomic E-state index is 13.0. The highest BCUT2D eigenvalue weighted by Crippen LogP contribution is 2.14. The highest BCUT2D eigenvalue weighted by molar-refractivity contribution is 7.15. The summed E-state index contributed by atoms with van der Waals surface area (Å²) in [4.78, 5) is 41.2. The van der Waals surface area contributed by atoms with Crippen LogP contribution in [0.1, 0.15) is 29.3 Å². The van der Waals surface area contributed by atoms with Gasteiger partial charge in [-0.15, -0.1) is 0 Å². The summed E-state index contributed by atoms with van der Waals surface area (Å²) in [6.07, 6.45) is 2.16. The number of aromatic nitrogens is 2. The number of rotatable bonds is 4. The van der Waals surface area contributed by atoms with Crippen LogP contribution in [0.25, 0.3) is 11.0 Å². The first kappa shape index (κ1) is 19.7. The van der Waals surface area contributed by atoms with Crippen molar-refractivity contribution >= 4 is 28.3 Å². The summed E-state index contributed by atoms with van der Waals surface area (Å²) in [6.45, 7) is 3.12. The molecule has 2 aromatic carbocycles. The van der Waals surface area contributed by atoms with Crippen LogP contribution in [0.2, 0.25) is 0 Å². The van der Waals surface area contributed by atoms with Gasteiger partial charge in [0.2, 0.25) is 4.96 Å². The number of fused-ring (bicyclic) bond motifs is 1. The van der Waals surface area contributed by atoms with Crippen LogP contribution in [0.4, 0.5) is 0 Å². The molecule has 2 heterocycles. The van der Waals surface area contributed by atoms with Gasteiger partial charge in [-0.2, -0.15) is 4.98 Å². The predicted octanol–water partition coefficient (Wildman–Crippen LogP) is 2.49. The molecule has 0 aliphatic carbocycles. The third-order valence-corrected chi connectivity index (χ3v) is 5.67. The molecule has 0 spiro atoms. The molecule has 0 radical (unpaired) electrons. The molecule has 0 fully saturated rings. The van der Waals surface area contributed by atoms with Crippen molar-refractivity contribution in [3.63, 3.8) is 0 Å². The van der Waals surface area contributed by atoms with Gasteiger partial charge in [-0.1, -0.05) is 53.8 Å². The molecule has 0 amide bonds. The summed E-state index contributed by atoms with van der Waals surface area (Å²) < 4.78 is 7.00. The van der Waals surface area contributed by atoms with Crippen LogP contribution >= 0.6 is 11.3 Å². The van der Waals surface area contributed by atoms with Crippen LogP contribution in [-0.2, 0) is 11.2 Å². The first-order valence-corrected chi connectivity index (χ1v) is 10.1. The third kappa shape index (κ3) is 3.92. The Morgan fingerprint density at radius 1 is 1.10 bits per heavy atom. The van der Waals surface area contributed by atoms with Gasteiger partial charge in [0.1, 0.15) is 5.75 Å². The van der Waals surface area contributed by atoms with E-state index in [0.717, 1.165) is 11.1 Å². The minimum absolute atomic E-state index is 0.210. The average molecular weight is 418 g/mol. The average Bonchev–Trinajstić information content (AvgIpc) is 3.02. The Bertz CT molecular complexity index is 1400. The van der Waals surface area contributed by atoms with Crippen molar-refractivity contribution in [2.24, 2.45) is 0 Å². The minimum atomic E-state index is -0.393. The van der Waals surface area contributed by atoms with Gasteiger partial charge in [0, 0.05) is 24.6 Å². The molecule has 0 atom stereocenters. The third-order valence-electron chi connectivity index (χ3n) is 4.70. The highest BCUT2D eigenvalue weighted by Gasteiger charge is 2.14. The molecule has 7 heteroatoms. The zero-order valence-electron chi connectivity index (χ0n) is 16.4. The van der Waals surface area contributed by atoms with E-state index in [2.05, 4.69) is 4.98 Å². The number of hydrogen-bond acceptors (Lipinski definition) is 6. The van der Waals surface area contributed by atoms with Gasteiger partial charge in [0.05, 0.1) is 4.53 Å². The van der Waals surface area contributed by atoms with E-state index in [1.54, 1.807) is 37.3 Å². The maximum Gasteiger partial charge on any atom is 0.308 e. The number of carbonyl (C=O) groups is 1. The van der Waals surface area contributed by atoms with E-state index in [1.807, 2.05) is 30.3 Å². The topological polar surface area (TPSA) is 77.7 Å². The summed E-state index contributed by atoms with van der Waals surface area (Å²) >= 11 is 1.18. The zero-order chi connectivity index (χ0) is 21.3. The van der Waals surface area contributed by atoms with E-state index in [4.69, 9.17) is 4.74 Å². The van der Waals surface area contributed by atoms with E-state index >= 15 is 0 Å². The van der Waals surface area contributed by atoms with Gasteiger partial charge >= 0.3 is 5.97 Å². The molecule has 2 aromatic heterocycles. The smallest absolute Gasteiger partial charge is 0.308 e. The quantitative estimate of drug-likeness (QED) is 0.376. The van der Waals surface area contributed by atoms with E-state index in [0.29, 0.717) is 32.9 Å². The number of ether oxygens (including phenoxy) is 1. The first-order valence-electron chi connectivity index (χ1n) is 9.31. The lowest BCUT2D eigenvalue weighted by atomic mass is 10.1. The molecule has 0 aliphatic rings. The number of benzene rings is 2. The molecule has 0 saturated heterocycles. The predicted molar refractivity (Wildman–Crippen MR) is 116 cm³/mol. The lowest BCUT2D eigenvalue weighted by molar-refractivity contribution is -0.131. The summed E-state index contributed by atoms with van der Waals surface area (Å²) in [7, 11) is 0. The molecule has 6 nitrogen and oxygen atoms in total. The molecular weight excluding hydrogens is 400 g/mol. The summed E-state index contributed by atoms with van der Waals surface area (Å²) in [5.41, 5.74) is 2.38. The Morgan fingerprint density at radius 2 is 1.80 bits per heavy atom. The number of aryl methyl sites for hydroxylation is 1. The fraction of sp³-hybridized carbons (Fsp3) is 0.130. The highest BCUT2D eigenvalue weighted by atomic mass is 32.1. The Kier molecular flexibility index (Phi) is 5.29. The fourth-order valence-corrected chi connectivity index (χ4v) is 4.25. The molecule has 0 saturated carbocycles. The number of hydrogen-bond donors (Lipinski definition) is 0. The zero-order valence-corrected chi connectivity index (χ0v) is 17.2. The number of nitrogens with zero attached hydrogens (tertiary/aromatic N) is 2. The van der Waals surface area contributed by atoms with Gasteiger partial charge in [0.15, 0.2) is 0 Å².